The van der Waals surface area contributed by atoms with Gasteiger partial charge in [-0.05, 0) is 25.0 Å². The topological polar surface area (TPSA) is 95.9 Å². The predicted octanol–water partition coefficient (Wildman–Crippen LogP) is 2.20. The summed E-state index contributed by atoms with van der Waals surface area (Å²) >= 11 is 0. The molecule has 27 heavy (non-hydrogen) atoms. The van der Waals surface area contributed by atoms with Gasteiger partial charge in [-0.3, -0.25) is 14.4 Å². The molecule has 0 aromatic heterocycles. The van der Waals surface area contributed by atoms with Gasteiger partial charge in [0.05, 0.1) is 24.1 Å². The Balaban J connectivity index is 1.64. The van der Waals surface area contributed by atoms with Gasteiger partial charge in [0.2, 0.25) is 11.8 Å². The first-order valence-corrected chi connectivity index (χ1v) is 9.41. The fraction of sp³-hybridized carbons (Fsp3) is 0.550. The first-order chi connectivity index (χ1) is 13.0. The Morgan fingerprint density at radius 2 is 1.96 bits per heavy atom. The third kappa shape index (κ3) is 3.91. The van der Waals surface area contributed by atoms with Crippen molar-refractivity contribution in [2.24, 2.45) is 11.3 Å². The Morgan fingerprint density at radius 3 is 2.63 bits per heavy atom. The Labute approximate surface area is 158 Å². The number of nitrogens with one attached hydrogen (secondary N) is 1. The Morgan fingerprint density at radius 1 is 1.26 bits per heavy atom. The number of aliphatic carboxylic acids is 1. The number of benzene rings is 1. The highest BCUT2D eigenvalue weighted by atomic mass is 16.5. The van der Waals surface area contributed by atoms with Crippen molar-refractivity contribution in [2.75, 3.05) is 25.1 Å². The maximum Gasteiger partial charge on any atom is 0.311 e. The zero-order valence-electron chi connectivity index (χ0n) is 15.6. The van der Waals surface area contributed by atoms with Crippen molar-refractivity contribution < 1.29 is 24.2 Å². The lowest BCUT2D eigenvalue weighted by Gasteiger charge is -2.33. The van der Waals surface area contributed by atoms with E-state index in [4.69, 9.17) is 4.74 Å². The number of carbonyl (C=O) groups excluding carboxylic acids is 2. The number of rotatable bonds is 6. The van der Waals surface area contributed by atoms with Crippen LogP contribution in [-0.4, -0.2) is 43.1 Å². The minimum absolute atomic E-state index is 0.115. The number of anilines is 1. The maximum atomic E-state index is 12.6. The molecule has 0 spiro atoms. The number of ether oxygens (including phenoxy) is 1. The van der Waals surface area contributed by atoms with Crippen LogP contribution in [0.2, 0.25) is 0 Å². The lowest BCUT2D eigenvalue weighted by Crippen LogP contribution is -2.46. The van der Waals surface area contributed by atoms with Crippen LogP contribution in [0.5, 0.6) is 5.75 Å². The second-order valence-corrected chi connectivity index (χ2v) is 7.44. The fourth-order valence-corrected chi connectivity index (χ4v) is 4.06. The van der Waals surface area contributed by atoms with E-state index in [0.717, 1.165) is 19.3 Å². The molecule has 1 heterocycles. The summed E-state index contributed by atoms with van der Waals surface area (Å²) < 4.78 is 5.31. The van der Waals surface area contributed by atoms with Crippen LogP contribution in [0.1, 0.15) is 38.5 Å². The zero-order valence-corrected chi connectivity index (χ0v) is 15.6. The van der Waals surface area contributed by atoms with E-state index in [1.165, 1.54) is 0 Å². The smallest absolute Gasteiger partial charge is 0.311 e. The normalized spacial score (nSPS) is 21.7. The van der Waals surface area contributed by atoms with Gasteiger partial charge in [-0.15, -0.1) is 0 Å². The molecule has 1 aromatic rings. The first kappa shape index (κ1) is 19.2. The van der Waals surface area contributed by atoms with Crippen molar-refractivity contribution in [3.63, 3.8) is 0 Å². The van der Waals surface area contributed by atoms with E-state index in [1.807, 2.05) is 12.1 Å². The minimum atomic E-state index is -0.876. The van der Waals surface area contributed by atoms with Crippen LogP contribution in [0.3, 0.4) is 0 Å². The van der Waals surface area contributed by atoms with Gasteiger partial charge in [0.25, 0.3) is 0 Å². The summed E-state index contributed by atoms with van der Waals surface area (Å²) in [5.74, 6) is -1.14. The van der Waals surface area contributed by atoms with Crippen LogP contribution < -0.4 is 15.0 Å². The van der Waals surface area contributed by atoms with E-state index < -0.39 is 17.3 Å². The zero-order chi connectivity index (χ0) is 19.4. The molecule has 146 valence electrons. The van der Waals surface area contributed by atoms with Crippen LogP contribution in [0.25, 0.3) is 0 Å². The van der Waals surface area contributed by atoms with Gasteiger partial charge >= 0.3 is 5.97 Å². The second kappa shape index (κ2) is 7.98. The number of carbonyl (C=O) groups is 3. The Kier molecular flexibility index (Phi) is 5.68. The van der Waals surface area contributed by atoms with E-state index >= 15 is 0 Å². The van der Waals surface area contributed by atoms with Crippen LogP contribution >= 0.6 is 0 Å². The highest BCUT2D eigenvalue weighted by Gasteiger charge is 2.41. The average molecular weight is 374 g/mol. The van der Waals surface area contributed by atoms with Crippen LogP contribution in [0, 0.1) is 11.3 Å². The highest BCUT2D eigenvalue weighted by Crippen LogP contribution is 2.36. The standard InChI is InChI=1S/C20H26N2O5/c1-27-16-8-4-3-7-15(16)22-12-14(11-17(22)23)18(24)21-13-20(19(25)26)9-5-2-6-10-20/h3-4,7-8,14H,2,5-6,9-13H2,1H3,(H,21,24)(H,25,26). The van der Waals surface area contributed by atoms with Crippen molar-refractivity contribution in [3.8, 4) is 5.75 Å². The van der Waals surface area contributed by atoms with Crippen molar-refractivity contribution in [3.05, 3.63) is 24.3 Å². The van der Waals surface area contributed by atoms with Gasteiger partial charge in [0.1, 0.15) is 5.75 Å². The molecule has 1 aliphatic carbocycles. The van der Waals surface area contributed by atoms with E-state index in [1.54, 1.807) is 24.1 Å². The van der Waals surface area contributed by atoms with Gasteiger partial charge < -0.3 is 20.1 Å². The molecule has 7 nitrogen and oxygen atoms in total. The van der Waals surface area contributed by atoms with Gasteiger partial charge in [0, 0.05) is 19.5 Å². The molecule has 1 atom stereocenters. The van der Waals surface area contributed by atoms with Gasteiger partial charge in [-0.1, -0.05) is 31.4 Å². The van der Waals surface area contributed by atoms with Crippen molar-refractivity contribution >= 4 is 23.5 Å². The van der Waals surface area contributed by atoms with E-state index in [-0.39, 0.29) is 31.3 Å². The third-order valence-corrected chi connectivity index (χ3v) is 5.74. The molecular formula is C20H26N2O5. The van der Waals surface area contributed by atoms with Crippen LogP contribution in [0.15, 0.2) is 24.3 Å². The maximum absolute atomic E-state index is 12.6. The Bertz CT molecular complexity index is 727. The fourth-order valence-electron chi connectivity index (χ4n) is 4.06. The van der Waals surface area contributed by atoms with Crippen molar-refractivity contribution in [1.29, 1.82) is 0 Å². The molecule has 0 radical (unpaired) electrons. The number of methoxy groups -OCH3 is 1. The van der Waals surface area contributed by atoms with E-state index in [9.17, 15) is 19.5 Å². The molecule has 1 aromatic carbocycles. The molecule has 7 heteroatoms. The molecule has 2 amide bonds. The summed E-state index contributed by atoms with van der Waals surface area (Å²) in [4.78, 5) is 38.4. The number of hydrogen-bond acceptors (Lipinski definition) is 4. The Hall–Kier alpha value is -2.57. The lowest BCUT2D eigenvalue weighted by molar-refractivity contribution is -0.151. The third-order valence-electron chi connectivity index (χ3n) is 5.74. The molecular weight excluding hydrogens is 348 g/mol. The van der Waals surface area contributed by atoms with Gasteiger partial charge in [-0.25, -0.2) is 0 Å². The SMILES string of the molecule is COc1ccccc1N1CC(C(=O)NCC2(C(=O)O)CCCCC2)CC1=O. The molecule has 0 bridgehead atoms. The van der Waals surface area contributed by atoms with E-state index in [0.29, 0.717) is 24.3 Å². The molecule has 2 N–H and O–H groups in total. The number of carboxylic acid groups (broad SMARTS) is 1. The molecule has 2 fully saturated rings. The van der Waals surface area contributed by atoms with Crippen LogP contribution in [-0.2, 0) is 14.4 Å². The quantitative estimate of drug-likeness (QED) is 0.796. The highest BCUT2D eigenvalue weighted by molar-refractivity contribution is 6.01. The number of amides is 2. The van der Waals surface area contributed by atoms with Crippen LogP contribution in [0.4, 0.5) is 5.69 Å². The van der Waals surface area contributed by atoms with Crippen molar-refractivity contribution in [1.82, 2.24) is 5.32 Å². The number of carboxylic acids is 1. The lowest BCUT2D eigenvalue weighted by atomic mass is 9.74. The molecule has 2 aliphatic rings. The number of nitrogens with zero attached hydrogens (tertiary/aromatic N) is 1. The summed E-state index contributed by atoms with van der Waals surface area (Å²) in [6.07, 6.45) is 4.05. The molecule has 1 saturated heterocycles. The summed E-state index contributed by atoms with van der Waals surface area (Å²) in [7, 11) is 1.54. The molecule has 1 saturated carbocycles. The number of para-hydroxylation sites is 2. The summed E-state index contributed by atoms with van der Waals surface area (Å²) in [5.41, 5.74) is -0.228. The van der Waals surface area contributed by atoms with E-state index in [2.05, 4.69) is 5.32 Å². The van der Waals surface area contributed by atoms with Gasteiger partial charge in [-0.2, -0.15) is 0 Å². The molecule has 3 rings (SSSR count). The first-order valence-electron chi connectivity index (χ1n) is 9.41. The molecule has 1 unspecified atom stereocenters. The summed E-state index contributed by atoms with van der Waals surface area (Å²) in [5, 5.41) is 12.4. The predicted molar refractivity (Wildman–Crippen MR) is 99.6 cm³/mol. The second-order valence-electron chi connectivity index (χ2n) is 7.44. The summed E-state index contributed by atoms with van der Waals surface area (Å²) in [6, 6.07) is 7.20. The largest absolute Gasteiger partial charge is 0.495 e. The summed E-state index contributed by atoms with van der Waals surface area (Å²) in [6.45, 7) is 0.394. The van der Waals surface area contributed by atoms with Crippen molar-refractivity contribution in [2.45, 2.75) is 38.5 Å². The average Bonchev–Trinajstić information content (AvgIpc) is 3.08. The minimum Gasteiger partial charge on any atom is -0.495 e. The number of hydrogen-bond donors (Lipinski definition) is 2. The van der Waals surface area contributed by atoms with Gasteiger partial charge in [0.15, 0.2) is 0 Å². The monoisotopic (exact) mass is 374 g/mol. The molecule has 1 aliphatic heterocycles.